The fourth-order valence-corrected chi connectivity index (χ4v) is 3.71. The van der Waals surface area contributed by atoms with Gasteiger partial charge >= 0.3 is 5.69 Å². The number of nitrogens with one attached hydrogen (secondary N) is 1. The number of amides is 1. The Kier molecular flexibility index (Phi) is 6.05. The minimum absolute atomic E-state index is 0.199. The average molecular weight is 405 g/mol. The lowest BCUT2D eigenvalue weighted by Gasteiger charge is -2.12. The predicted molar refractivity (Wildman–Crippen MR) is 107 cm³/mol. The quantitative estimate of drug-likeness (QED) is 0.612. The third-order valence-electron chi connectivity index (χ3n) is 4.32. The zero-order valence-electron chi connectivity index (χ0n) is 15.5. The molecule has 2 heterocycles. The van der Waals surface area contributed by atoms with E-state index in [1.807, 2.05) is 0 Å². The van der Waals surface area contributed by atoms with E-state index < -0.39 is 17.4 Å². The lowest BCUT2D eigenvalue weighted by molar-refractivity contribution is -0.116. The van der Waals surface area contributed by atoms with E-state index >= 15 is 0 Å². The molecule has 2 aromatic heterocycles. The van der Waals surface area contributed by atoms with Crippen LogP contribution in [0.3, 0.4) is 0 Å². The third-order valence-corrected chi connectivity index (χ3v) is 5.22. The summed E-state index contributed by atoms with van der Waals surface area (Å²) >= 11 is 1.22. The van der Waals surface area contributed by atoms with Gasteiger partial charge < -0.3 is 10.1 Å². The smallest absolute Gasteiger partial charge is 0.332 e. The van der Waals surface area contributed by atoms with Crippen LogP contribution in [0.1, 0.15) is 12.0 Å². The molecule has 28 heavy (non-hydrogen) atoms. The molecular formula is C19H20FN3O4S. The molecule has 0 saturated heterocycles. The van der Waals surface area contributed by atoms with Crippen molar-refractivity contribution in [3.05, 3.63) is 61.9 Å². The highest BCUT2D eigenvalue weighted by Crippen LogP contribution is 2.16. The van der Waals surface area contributed by atoms with Gasteiger partial charge in [0.1, 0.15) is 17.1 Å². The first-order valence-corrected chi connectivity index (χ1v) is 9.56. The molecule has 0 radical (unpaired) electrons. The van der Waals surface area contributed by atoms with Crippen LogP contribution in [0.15, 0.2) is 39.2 Å². The van der Waals surface area contributed by atoms with Crippen LogP contribution in [0.2, 0.25) is 0 Å². The molecule has 1 N–H and O–H groups in total. The SMILES string of the molecule is COCCCn1c(=O)c2sccc2n(CC(=O)Nc2ccc(C)c(F)c2)c1=O. The molecule has 0 unspecified atom stereocenters. The van der Waals surface area contributed by atoms with Gasteiger partial charge in [0.15, 0.2) is 0 Å². The van der Waals surface area contributed by atoms with Gasteiger partial charge in [-0.25, -0.2) is 9.18 Å². The normalized spacial score (nSPS) is 11.1. The van der Waals surface area contributed by atoms with Gasteiger partial charge in [-0.2, -0.15) is 0 Å². The molecular weight excluding hydrogens is 385 g/mol. The molecule has 7 nitrogen and oxygen atoms in total. The van der Waals surface area contributed by atoms with Crippen molar-refractivity contribution in [3.63, 3.8) is 0 Å². The standard InChI is InChI=1S/C19H20FN3O4S/c1-12-4-5-13(10-14(12)20)21-16(24)11-23-15-6-9-28-17(15)18(25)22(19(23)26)7-3-8-27-2/h4-6,9-10H,3,7-8,11H2,1-2H3,(H,21,24). The number of ether oxygens (including phenoxy) is 1. The molecule has 0 bridgehead atoms. The van der Waals surface area contributed by atoms with Crippen molar-refractivity contribution in [3.8, 4) is 0 Å². The molecule has 9 heteroatoms. The molecule has 1 amide bonds. The summed E-state index contributed by atoms with van der Waals surface area (Å²) in [5, 5.41) is 4.29. The zero-order valence-corrected chi connectivity index (χ0v) is 16.3. The van der Waals surface area contributed by atoms with Crippen molar-refractivity contribution in [1.29, 1.82) is 0 Å². The summed E-state index contributed by atoms with van der Waals surface area (Å²) in [5.74, 6) is -0.915. The molecule has 0 fully saturated rings. The van der Waals surface area contributed by atoms with E-state index in [-0.39, 0.29) is 18.6 Å². The number of methoxy groups -OCH3 is 1. The highest BCUT2D eigenvalue weighted by molar-refractivity contribution is 7.17. The summed E-state index contributed by atoms with van der Waals surface area (Å²) in [6.07, 6.45) is 0.497. The number of benzene rings is 1. The predicted octanol–water partition coefficient (Wildman–Crippen LogP) is 2.35. The number of anilines is 1. The molecule has 3 rings (SSSR count). The van der Waals surface area contributed by atoms with Crippen LogP contribution in [0, 0.1) is 12.7 Å². The van der Waals surface area contributed by atoms with E-state index in [9.17, 15) is 18.8 Å². The van der Waals surface area contributed by atoms with E-state index in [0.717, 1.165) is 4.57 Å². The Balaban J connectivity index is 1.92. The van der Waals surface area contributed by atoms with E-state index in [2.05, 4.69) is 5.32 Å². The summed E-state index contributed by atoms with van der Waals surface area (Å²) in [6, 6.07) is 6.01. The summed E-state index contributed by atoms with van der Waals surface area (Å²) in [5.41, 5.74) is 0.252. The number of aryl methyl sites for hydroxylation is 1. The second-order valence-corrected chi connectivity index (χ2v) is 7.24. The Bertz CT molecular complexity index is 1130. The maximum atomic E-state index is 13.7. The first-order valence-electron chi connectivity index (χ1n) is 8.68. The molecule has 0 aliphatic heterocycles. The van der Waals surface area contributed by atoms with Crippen molar-refractivity contribution in [2.24, 2.45) is 0 Å². The second-order valence-electron chi connectivity index (χ2n) is 6.32. The number of hydrogen-bond donors (Lipinski definition) is 1. The van der Waals surface area contributed by atoms with Gasteiger partial charge in [-0.3, -0.25) is 18.7 Å². The van der Waals surface area contributed by atoms with Gasteiger partial charge in [0.2, 0.25) is 5.91 Å². The Hall–Kier alpha value is -2.78. The molecule has 3 aromatic rings. The number of halogens is 1. The number of nitrogens with zero attached hydrogens (tertiary/aromatic N) is 2. The van der Waals surface area contributed by atoms with Crippen molar-refractivity contribution in [1.82, 2.24) is 9.13 Å². The largest absolute Gasteiger partial charge is 0.385 e. The van der Waals surface area contributed by atoms with E-state index in [0.29, 0.717) is 34.5 Å². The number of aromatic nitrogens is 2. The second kappa shape index (κ2) is 8.49. The van der Waals surface area contributed by atoms with Gasteiger partial charge in [0.05, 0.1) is 5.52 Å². The van der Waals surface area contributed by atoms with Crippen LogP contribution in [0.4, 0.5) is 10.1 Å². The van der Waals surface area contributed by atoms with Crippen LogP contribution in [-0.2, 0) is 22.6 Å². The summed E-state index contributed by atoms with van der Waals surface area (Å²) in [6.45, 7) is 1.95. The average Bonchev–Trinajstić information content (AvgIpc) is 3.14. The van der Waals surface area contributed by atoms with Crippen LogP contribution >= 0.6 is 11.3 Å². The Morgan fingerprint density at radius 1 is 1.25 bits per heavy atom. The number of carbonyl (C=O) groups excluding carboxylic acids is 1. The van der Waals surface area contributed by atoms with Gasteiger partial charge in [-0.05, 0) is 42.5 Å². The Morgan fingerprint density at radius 3 is 2.75 bits per heavy atom. The number of fused-ring (bicyclic) bond motifs is 1. The zero-order chi connectivity index (χ0) is 20.3. The van der Waals surface area contributed by atoms with Crippen LogP contribution in [0.5, 0.6) is 0 Å². The van der Waals surface area contributed by atoms with E-state index in [4.69, 9.17) is 4.74 Å². The topological polar surface area (TPSA) is 82.3 Å². The number of thiophene rings is 1. The Morgan fingerprint density at radius 2 is 2.04 bits per heavy atom. The molecule has 148 valence electrons. The summed E-state index contributed by atoms with van der Waals surface area (Å²) < 4.78 is 21.5. The Labute approximate surface area is 164 Å². The van der Waals surface area contributed by atoms with Crippen molar-refractivity contribution in [2.45, 2.75) is 26.4 Å². The van der Waals surface area contributed by atoms with Gasteiger partial charge in [-0.15, -0.1) is 11.3 Å². The minimum atomic E-state index is -0.558. The molecule has 0 atom stereocenters. The molecule has 0 aliphatic carbocycles. The van der Waals surface area contributed by atoms with Crippen molar-refractivity contribution >= 4 is 33.1 Å². The maximum absolute atomic E-state index is 13.7. The molecule has 0 spiro atoms. The van der Waals surface area contributed by atoms with Gasteiger partial charge in [-0.1, -0.05) is 6.07 Å². The highest BCUT2D eigenvalue weighted by Gasteiger charge is 2.16. The van der Waals surface area contributed by atoms with Gasteiger partial charge in [0, 0.05) is 25.9 Å². The lowest BCUT2D eigenvalue weighted by Crippen LogP contribution is -2.41. The number of carbonyl (C=O) groups is 1. The minimum Gasteiger partial charge on any atom is -0.385 e. The summed E-state index contributed by atoms with van der Waals surface area (Å²) in [4.78, 5) is 37.9. The first kappa shape index (κ1) is 20.0. The van der Waals surface area contributed by atoms with E-state index in [1.165, 1.54) is 22.0 Å². The van der Waals surface area contributed by atoms with Crippen LogP contribution < -0.4 is 16.6 Å². The first-order chi connectivity index (χ1) is 13.4. The fourth-order valence-electron chi connectivity index (χ4n) is 2.87. The molecule has 0 aliphatic rings. The fraction of sp³-hybridized carbons (Fsp3) is 0.316. The van der Waals surface area contributed by atoms with Crippen LogP contribution in [-0.4, -0.2) is 28.8 Å². The van der Waals surface area contributed by atoms with Gasteiger partial charge in [0.25, 0.3) is 5.56 Å². The third kappa shape index (κ3) is 4.05. The summed E-state index contributed by atoms with van der Waals surface area (Å²) in [7, 11) is 1.54. The number of hydrogen-bond acceptors (Lipinski definition) is 5. The van der Waals surface area contributed by atoms with E-state index in [1.54, 1.807) is 37.6 Å². The number of rotatable bonds is 7. The lowest BCUT2D eigenvalue weighted by atomic mass is 10.2. The highest BCUT2D eigenvalue weighted by atomic mass is 32.1. The van der Waals surface area contributed by atoms with Crippen molar-refractivity contribution < 1.29 is 13.9 Å². The molecule has 1 aromatic carbocycles. The maximum Gasteiger partial charge on any atom is 0.332 e. The van der Waals surface area contributed by atoms with Crippen molar-refractivity contribution in [2.75, 3.05) is 19.0 Å². The monoisotopic (exact) mass is 405 g/mol. The van der Waals surface area contributed by atoms with Crippen LogP contribution in [0.25, 0.3) is 10.2 Å². The molecule has 0 saturated carbocycles.